The first-order chi connectivity index (χ1) is 10.5. The third-order valence-corrected chi connectivity index (χ3v) is 6.04. The van der Waals surface area contributed by atoms with Gasteiger partial charge in [0.25, 0.3) is 0 Å². The molecule has 1 saturated heterocycles. The number of hydrogen-bond acceptors (Lipinski definition) is 5. The molecular weight excluding hydrogens is 324 g/mol. The van der Waals surface area contributed by atoms with E-state index in [4.69, 9.17) is 11.6 Å². The van der Waals surface area contributed by atoms with Crippen LogP contribution in [0.5, 0.6) is 0 Å². The zero-order chi connectivity index (χ0) is 15.7. The summed E-state index contributed by atoms with van der Waals surface area (Å²) in [5.41, 5.74) is 0.550. The van der Waals surface area contributed by atoms with Crippen molar-refractivity contribution in [1.82, 2.24) is 14.3 Å². The lowest BCUT2D eigenvalue weighted by Crippen LogP contribution is -2.42. The fourth-order valence-corrected chi connectivity index (χ4v) is 4.34. The largest absolute Gasteiger partial charge is 0.312 e. The molecule has 22 heavy (non-hydrogen) atoms. The number of aromatic nitrogens is 2. The van der Waals surface area contributed by atoms with Crippen molar-refractivity contribution in [1.29, 1.82) is 0 Å². The van der Waals surface area contributed by atoms with Crippen molar-refractivity contribution in [2.45, 2.75) is 11.3 Å². The predicted molar refractivity (Wildman–Crippen MR) is 84.9 cm³/mol. The Labute approximate surface area is 134 Å². The van der Waals surface area contributed by atoms with Crippen molar-refractivity contribution in [3.8, 4) is 0 Å². The number of nitrogens with zero attached hydrogens (tertiary/aromatic N) is 4. The Hall–Kier alpha value is -1.70. The van der Waals surface area contributed by atoms with Crippen LogP contribution < -0.4 is 4.90 Å². The molecule has 0 saturated carbocycles. The molecule has 0 amide bonds. The van der Waals surface area contributed by atoms with E-state index in [-0.39, 0.29) is 9.92 Å². The summed E-state index contributed by atoms with van der Waals surface area (Å²) in [4.78, 5) is 10.1. The van der Waals surface area contributed by atoms with E-state index in [1.165, 1.54) is 10.4 Å². The van der Waals surface area contributed by atoms with Gasteiger partial charge in [-0.2, -0.15) is 4.31 Å². The van der Waals surface area contributed by atoms with Crippen LogP contribution in [-0.2, 0) is 10.0 Å². The van der Waals surface area contributed by atoms with E-state index in [0.717, 1.165) is 6.42 Å². The van der Waals surface area contributed by atoms with Crippen LogP contribution in [0.25, 0.3) is 0 Å². The normalized spacial score (nSPS) is 15.4. The second-order valence-corrected chi connectivity index (χ2v) is 7.24. The molecule has 6 nitrogen and oxygen atoms in total. The lowest BCUT2D eigenvalue weighted by molar-refractivity contribution is 0.309. The third-order valence-electron chi connectivity index (χ3n) is 3.59. The highest BCUT2D eigenvalue weighted by Crippen LogP contribution is 2.36. The van der Waals surface area contributed by atoms with Crippen molar-refractivity contribution in [3.05, 3.63) is 41.7 Å². The standard InChI is InChI=1S/C14H15ClN4O2S/c1-18(14-16-7-3-8-17-14)11-5-2-6-12(13(11)15)22(20,21)19-9-4-10-19/h2-3,5-8H,4,9-10H2,1H3. The summed E-state index contributed by atoms with van der Waals surface area (Å²) in [6, 6.07) is 6.66. The number of halogens is 1. The summed E-state index contributed by atoms with van der Waals surface area (Å²) in [5, 5.41) is 0.185. The second-order valence-electron chi connectivity index (χ2n) is 4.95. The number of hydrogen-bond donors (Lipinski definition) is 0. The summed E-state index contributed by atoms with van der Waals surface area (Å²) in [7, 11) is -1.79. The molecule has 0 aliphatic carbocycles. The molecule has 0 N–H and O–H groups in total. The van der Waals surface area contributed by atoms with E-state index < -0.39 is 10.0 Å². The van der Waals surface area contributed by atoms with Gasteiger partial charge in [0.15, 0.2) is 0 Å². The summed E-state index contributed by atoms with van der Waals surface area (Å²) in [6.07, 6.45) is 4.12. The van der Waals surface area contributed by atoms with E-state index in [2.05, 4.69) is 9.97 Å². The summed E-state index contributed by atoms with van der Waals surface area (Å²) < 4.78 is 26.5. The van der Waals surface area contributed by atoms with Crippen LogP contribution in [0, 0.1) is 0 Å². The molecule has 2 aromatic rings. The molecule has 1 aromatic carbocycles. The SMILES string of the molecule is CN(c1ncccn1)c1cccc(S(=O)(=O)N2CCC2)c1Cl. The number of benzene rings is 1. The van der Waals surface area contributed by atoms with Crippen LogP contribution in [0.4, 0.5) is 11.6 Å². The van der Waals surface area contributed by atoms with Crippen LogP contribution in [-0.4, -0.2) is 42.8 Å². The first kappa shape index (κ1) is 15.2. The quantitative estimate of drug-likeness (QED) is 0.855. The van der Waals surface area contributed by atoms with E-state index in [9.17, 15) is 8.42 Å². The van der Waals surface area contributed by atoms with Crippen LogP contribution in [0.2, 0.25) is 5.02 Å². The Balaban J connectivity index is 2.03. The monoisotopic (exact) mass is 338 g/mol. The molecule has 3 rings (SSSR count). The lowest BCUT2D eigenvalue weighted by atomic mass is 10.3. The zero-order valence-corrected chi connectivity index (χ0v) is 13.5. The van der Waals surface area contributed by atoms with Gasteiger partial charge in [-0.3, -0.25) is 0 Å². The van der Waals surface area contributed by atoms with Gasteiger partial charge in [-0.15, -0.1) is 0 Å². The van der Waals surface area contributed by atoms with Crippen LogP contribution >= 0.6 is 11.6 Å². The maximum Gasteiger partial charge on any atom is 0.244 e. The average molecular weight is 339 g/mol. The lowest BCUT2D eigenvalue weighted by Gasteiger charge is -2.30. The van der Waals surface area contributed by atoms with Gasteiger partial charge in [0.1, 0.15) is 4.90 Å². The van der Waals surface area contributed by atoms with Crippen LogP contribution in [0.3, 0.4) is 0 Å². The number of rotatable bonds is 4. The van der Waals surface area contributed by atoms with Crippen molar-refractivity contribution in [2.24, 2.45) is 0 Å². The van der Waals surface area contributed by atoms with Gasteiger partial charge in [0.2, 0.25) is 16.0 Å². The highest BCUT2D eigenvalue weighted by atomic mass is 35.5. The van der Waals surface area contributed by atoms with Gasteiger partial charge in [-0.05, 0) is 24.6 Å². The Morgan fingerprint density at radius 1 is 1.18 bits per heavy atom. The average Bonchev–Trinajstić information content (AvgIpc) is 2.45. The van der Waals surface area contributed by atoms with Crippen molar-refractivity contribution in [3.63, 3.8) is 0 Å². The topological polar surface area (TPSA) is 66.4 Å². The minimum atomic E-state index is -3.54. The maximum atomic E-state index is 12.5. The van der Waals surface area contributed by atoms with E-state index in [1.54, 1.807) is 42.5 Å². The first-order valence-electron chi connectivity index (χ1n) is 6.81. The molecule has 1 aromatic heterocycles. The van der Waals surface area contributed by atoms with Gasteiger partial charge < -0.3 is 4.90 Å². The summed E-state index contributed by atoms with van der Waals surface area (Å²) in [5.74, 6) is 0.447. The molecule has 0 spiro atoms. The van der Waals surface area contributed by atoms with Crippen molar-refractivity contribution >= 4 is 33.3 Å². The fourth-order valence-electron chi connectivity index (χ4n) is 2.20. The molecule has 2 heterocycles. The molecule has 0 atom stereocenters. The number of sulfonamides is 1. The minimum absolute atomic E-state index is 0.120. The number of anilines is 2. The maximum absolute atomic E-state index is 12.5. The first-order valence-corrected chi connectivity index (χ1v) is 8.63. The molecule has 1 aliphatic heterocycles. The molecule has 8 heteroatoms. The zero-order valence-electron chi connectivity index (χ0n) is 12.0. The van der Waals surface area contributed by atoms with Crippen molar-refractivity contribution < 1.29 is 8.42 Å². The fraction of sp³-hybridized carbons (Fsp3) is 0.286. The van der Waals surface area contributed by atoms with Gasteiger partial charge in [-0.25, -0.2) is 18.4 Å². The Bertz CT molecular complexity index is 779. The molecule has 0 radical (unpaired) electrons. The third kappa shape index (κ3) is 2.55. The molecular formula is C14H15ClN4O2S. The Morgan fingerprint density at radius 3 is 2.45 bits per heavy atom. The van der Waals surface area contributed by atoms with Crippen LogP contribution in [0.15, 0.2) is 41.6 Å². The summed E-state index contributed by atoms with van der Waals surface area (Å²) >= 11 is 6.36. The molecule has 0 unspecified atom stereocenters. The van der Waals surface area contributed by atoms with Crippen molar-refractivity contribution in [2.75, 3.05) is 25.0 Å². The predicted octanol–water partition coefficient (Wildman–Crippen LogP) is 2.29. The highest BCUT2D eigenvalue weighted by molar-refractivity contribution is 7.89. The Morgan fingerprint density at radius 2 is 1.86 bits per heavy atom. The smallest absolute Gasteiger partial charge is 0.244 e. The van der Waals surface area contributed by atoms with Gasteiger partial charge in [-0.1, -0.05) is 17.7 Å². The second kappa shape index (κ2) is 5.83. The highest BCUT2D eigenvalue weighted by Gasteiger charge is 2.32. The summed E-state index contributed by atoms with van der Waals surface area (Å²) in [6.45, 7) is 1.08. The van der Waals surface area contributed by atoms with E-state index in [1.807, 2.05) is 0 Å². The molecule has 1 aliphatic rings. The van der Waals surface area contributed by atoms with Gasteiger partial charge in [0, 0.05) is 32.5 Å². The van der Waals surface area contributed by atoms with E-state index >= 15 is 0 Å². The molecule has 0 bridgehead atoms. The van der Waals surface area contributed by atoms with Gasteiger partial charge in [0.05, 0.1) is 10.7 Å². The van der Waals surface area contributed by atoms with Gasteiger partial charge >= 0.3 is 0 Å². The minimum Gasteiger partial charge on any atom is -0.312 e. The molecule has 1 fully saturated rings. The molecule has 116 valence electrons. The Kier molecular flexibility index (Phi) is 4.03. The van der Waals surface area contributed by atoms with Crippen LogP contribution in [0.1, 0.15) is 6.42 Å². The van der Waals surface area contributed by atoms with E-state index in [0.29, 0.717) is 24.7 Å².